The number of nitrogens with one attached hydrogen (secondary N) is 1. The van der Waals surface area contributed by atoms with Gasteiger partial charge in [-0.2, -0.15) is 0 Å². The molecule has 1 atom stereocenters. The van der Waals surface area contributed by atoms with E-state index in [1.54, 1.807) is 19.1 Å². The van der Waals surface area contributed by atoms with Gasteiger partial charge in [0.05, 0.1) is 10.3 Å². The zero-order valence-electron chi connectivity index (χ0n) is 16.6. The minimum atomic E-state index is -3.38. The van der Waals surface area contributed by atoms with Gasteiger partial charge in [-0.05, 0) is 49.2 Å². The normalized spacial score (nSPS) is 12.8. The molecule has 3 rings (SSSR count). The molecular weight excluding hydrogens is 481 g/mol. The molecule has 3 aromatic rings. The third-order valence-electron chi connectivity index (χ3n) is 4.79. The van der Waals surface area contributed by atoms with Gasteiger partial charge in [0.15, 0.2) is 0 Å². The van der Waals surface area contributed by atoms with E-state index in [2.05, 4.69) is 4.72 Å². The van der Waals surface area contributed by atoms with E-state index >= 15 is 0 Å². The first-order valence-corrected chi connectivity index (χ1v) is 13.0. The highest BCUT2D eigenvalue weighted by Gasteiger charge is 2.21. The van der Waals surface area contributed by atoms with Crippen molar-refractivity contribution in [1.29, 1.82) is 0 Å². The summed E-state index contributed by atoms with van der Waals surface area (Å²) in [6, 6.07) is 14.9. The second-order valence-electron chi connectivity index (χ2n) is 7.05. The Labute approximate surface area is 197 Å². The topological polar surface area (TPSA) is 46.2 Å². The van der Waals surface area contributed by atoms with Crippen molar-refractivity contribution < 1.29 is 8.42 Å². The monoisotopic (exact) mass is 501 g/mol. The lowest BCUT2D eigenvalue weighted by Gasteiger charge is -2.12. The van der Waals surface area contributed by atoms with Gasteiger partial charge in [0.25, 0.3) is 0 Å². The molecule has 0 aliphatic carbocycles. The van der Waals surface area contributed by atoms with Crippen molar-refractivity contribution in [2.45, 2.75) is 38.5 Å². The molecule has 0 saturated heterocycles. The van der Waals surface area contributed by atoms with Crippen LogP contribution in [0.2, 0.25) is 15.1 Å². The molecule has 1 heterocycles. The Balaban J connectivity index is 1.99. The molecule has 1 unspecified atom stereocenters. The van der Waals surface area contributed by atoms with E-state index < -0.39 is 15.3 Å². The summed E-state index contributed by atoms with van der Waals surface area (Å²) in [6.45, 7) is 3.94. The van der Waals surface area contributed by atoms with Crippen molar-refractivity contribution in [2.75, 3.05) is 0 Å². The predicted molar refractivity (Wildman–Crippen MR) is 130 cm³/mol. The fourth-order valence-corrected chi connectivity index (χ4v) is 6.24. The minimum absolute atomic E-state index is 0.229. The van der Waals surface area contributed by atoms with Gasteiger partial charge in [-0.15, -0.1) is 11.3 Å². The van der Waals surface area contributed by atoms with Crippen LogP contribution in [0.15, 0.2) is 48.5 Å². The third-order valence-corrected chi connectivity index (χ3v) is 8.60. The predicted octanol–water partition coefficient (Wildman–Crippen LogP) is 7.65. The van der Waals surface area contributed by atoms with Crippen molar-refractivity contribution in [3.05, 3.63) is 68.5 Å². The molecule has 0 aliphatic rings. The van der Waals surface area contributed by atoms with Crippen molar-refractivity contribution in [1.82, 2.24) is 4.72 Å². The Morgan fingerprint density at radius 1 is 0.967 bits per heavy atom. The van der Waals surface area contributed by atoms with Gasteiger partial charge < -0.3 is 0 Å². The van der Waals surface area contributed by atoms with Crippen LogP contribution in [0.25, 0.3) is 21.6 Å². The van der Waals surface area contributed by atoms with Crippen LogP contribution < -0.4 is 4.72 Å². The summed E-state index contributed by atoms with van der Waals surface area (Å²) in [7, 11) is -3.38. The van der Waals surface area contributed by atoms with Crippen molar-refractivity contribution >= 4 is 56.2 Å². The van der Waals surface area contributed by atoms with E-state index in [0.29, 0.717) is 21.5 Å². The highest BCUT2D eigenvalue weighted by molar-refractivity contribution is 7.90. The Morgan fingerprint density at radius 3 is 2.27 bits per heavy atom. The number of hydrogen-bond acceptors (Lipinski definition) is 3. The van der Waals surface area contributed by atoms with E-state index in [4.69, 9.17) is 34.8 Å². The van der Waals surface area contributed by atoms with Crippen LogP contribution in [0.4, 0.5) is 0 Å². The van der Waals surface area contributed by atoms with Crippen molar-refractivity contribution in [3.8, 4) is 21.6 Å². The molecule has 8 heteroatoms. The molecule has 0 radical (unpaired) electrons. The fraction of sp³-hybridized carbons (Fsp3) is 0.273. The van der Waals surface area contributed by atoms with E-state index in [1.807, 2.05) is 43.3 Å². The standard InChI is InChI=1S/C22H22Cl3NO2S2/c1-3-4-14(2)30(27,28)26-13-18-12-20(15-5-7-16(23)8-6-15)22(29-18)19-10-9-17(24)11-21(19)25/h5-12,14,26H,3-4,13H2,1-2H3. The van der Waals surface area contributed by atoms with Gasteiger partial charge >= 0.3 is 0 Å². The average molecular weight is 503 g/mol. The van der Waals surface area contributed by atoms with Crippen LogP contribution >= 0.6 is 46.1 Å². The van der Waals surface area contributed by atoms with Gasteiger partial charge in [-0.25, -0.2) is 13.1 Å². The first-order valence-electron chi connectivity index (χ1n) is 9.53. The summed E-state index contributed by atoms with van der Waals surface area (Å²) in [6.07, 6.45) is 1.45. The van der Waals surface area contributed by atoms with Crippen LogP contribution in [0.3, 0.4) is 0 Å². The number of halogens is 3. The van der Waals surface area contributed by atoms with Gasteiger partial charge in [-0.1, -0.05) is 66.3 Å². The van der Waals surface area contributed by atoms with Crippen molar-refractivity contribution in [2.24, 2.45) is 0 Å². The Kier molecular flexibility index (Phi) is 7.88. The lowest BCUT2D eigenvalue weighted by Crippen LogP contribution is -2.31. The van der Waals surface area contributed by atoms with Gasteiger partial charge in [-0.3, -0.25) is 0 Å². The summed E-state index contributed by atoms with van der Waals surface area (Å²) in [5, 5.41) is 1.33. The molecule has 160 valence electrons. The number of rotatable bonds is 8. The molecule has 1 N–H and O–H groups in total. The number of thiophene rings is 1. The van der Waals surface area contributed by atoms with Crippen LogP contribution in [0.1, 0.15) is 31.6 Å². The zero-order chi connectivity index (χ0) is 21.9. The summed E-state index contributed by atoms with van der Waals surface area (Å²) in [5.41, 5.74) is 2.80. The lowest BCUT2D eigenvalue weighted by atomic mass is 10.0. The maximum atomic E-state index is 12.5. The van der Waals surface area contributed by atoms with E-state index in [-0.39, 0.29) is 6.54 Å². The number of benzene rings is 2. The first-order chi connectivity index (χ1) is 14.2. The van der Waals surface area contributed by atoms with Crippen LogP contribution in [0, 0.1) is 0 Å². The van der Waals surface area contributed by atoms with Crippen LogP contribution in [-0.4, -0.2) is 13.7 Å². The third kappa shape index (κ3) is 5.58. The molecule has 0 spiro atoms. The molecule has 3 nitrogen and oxygen atoms in total. The molecule has 0 saturated carbocycles. The largest absolute Gasteiger partial charge is 0.214 e. The van der Waals surface area contributed by atoms with Crippen molar-refractivity contribution in [3.63, 3.8) is 0 Å². The highest BCUT2D eigenvalue weighted by Crippen LogP contribution is 2.43. The summed E-state index contributed by atoms with van der Waals surface area (Å²) < 4.78 is 27.7. The Bertz CT molecular complexity index is 1130. The number of hydrogen-bond donors (Lipinski definition) is 1. The molecule has 0 amide bonds. The smallest absolute Gasteiger partial charge is 0.212 e. The second kappa shape index (κ2) is 10.0. The molecule has 0 bridgehead atoms. The summed E-state index contributed by atoms with van der Waals surface area (Å²) in [5.74, 6) is 0. The molecule has 1 aromatic heterocycles. The number of sulfonamides is 1. The van der Waals surface area contributed by atoms with E-state index in [9.17, 15) is 8.42 Å². The first kappa shape index (κ1) is 23.6. The maximum absolute atomic E-state index is 12.5. The lowest BCUT2D eigenvalue weighted by molar-refractivity contribution is 0.561. The Morgan fingerprint density at radius 2 is 1.63 bits per heavy atom. The molecule has 30 heavy (non-hydrogen) atoms. The molecule has 0 aliphatic heterocycles. The fourth-order valence-electron chi connectivity index (χ4n) is 3.12. The highest BCUT2D eigenvalue weighted by atomic mass is 35.5. The van der Waals surface area contributed by atoms with Gasteiger partial charge in [0, 0.05) is 37.5 Å². The minimum Gasteiger partial charge on any atom is -0.212 e. The second-order valence-corrected chi connectivity index (χ2v) is 11.7. The van der Waals surface area contributed by atoms with Gasteiger partial charge in [0.1, 0.15) is 0 Å². The van der Waals surface area contributed by atoms with Gasteiger partial charge in [0.2, 0.25) is 10.0 Å². The maximum Gasteiger partial charge on any atom is 0.214 e. The SMILES string of the molecule is CCCC(C)S(=O)(=O)NCc1cc(-c2ccc(Cl)cc2)c(-c2ccc(Cl)cc2Cl)s1. The van der Waals surface area contributed by atoms with E-state index in [1.165, 1.54) is 11.3 Å². The summed E-state index contributed by atoms with van der Waals surface area (Å²) >= 11 is 20.1. The average Bonchev–Trinajstić information content (AvgIpc) is 3.11. The van der Waals surface area contributed by atoms with E-state index in [0.717, 1.165) is 32.9 Å². The molecule has 2 aromatic carbocycles. The summed E-state index contributed by atoms with van der Waals surface area (Å²) in [4.78, 5) is 1.85. The molecular formula is C22H22Cl3NO2S2. The molecule has 0 fully saturated rings. The van der Waals surface area contributed by atoms with Crippen LogP contribution in [0.5, 0.6) is 0 Å². The Hall–Kier alpha value is -1.08. The van der Waals surface area contributed by atoms with Crippen LogP contribution in [-0.2, 0) is 16.6 Å². The quantitative estimate of drug-likeness (QED) is 0.344. The zero-order valence-corrected chi connectivity index (χ0v) is 20.5.